The zero-order valence-corrected chi connectivity index (χ0v) is 10.4. The summed E-state index contributed by atoms with van der Waals surface area (Å²) in [6.45, 7) is 3.40. The highest BCUT2D eigenvalue weighted by Crippen LogP contribution is 2.33. The summed E-state index contributed by atoms with van der Waals surface area (Å²) in [5.74, 6) is 0.926. The molecular formula is C13H17NO4. The number of amides is 1. The summed E-state index contributed by atoms with van der Waals surface area (Å²) >= 11 is 0. The van der Waals surface area contributed by atoms with E-state index in [-0.39, 0.29) is 24.7 Å². The van der Waals surface area contributed by atoms with Gasteiger partial charge in [0.1, 0.15) is 6.10 Å². The topological polar surface area (TPSA) is 67.8 Å². The molecule has 1 aromatic rings. The van der Waals surface area contributed by atoms with Gasteiger partial charge in [-0.25, -0.2) is 0 Å². The van der Waals surface area contributed by atoms with Crippen molar-refractivity contribution >= 4 is 5.91 Å². The molecule has 3 unspecified atom stereocenters. The van der Waals surface area contributed by atoms with E-state index in [0.29, 0.717) is 11.5 Å². The molecule has 0 fully saturated rings. The summed E-state index contributed by atoms with van der Waals surface area (Å²) in [7, 11) is 0. The van der Waals surface area contributed by atoms with Crippen molar-refractivity contribution in [2.24, 2.45) is 0 Å². The second-order valence-corrected chi connectivity index (χ2v) is 4.40. The third kappa shape index (κ3) is 2.56. The maximum Gasteiger partial charge on any atom is 0.265 e. The number of hydrogen-bond acceptors (Lipinski definition) is 4. The minimum Gasteiger partial charge on any atom is -0.482 e. The van der Waals surface area contributed by atoms with E-state index in [0.717, 1.165) is 0 Å². The smallest absolute Gasteiger partial charge is 0.265 e. The molecule has 0 saturated carbocycles. The van der Waals surface area contributed by atoms with Crippen molar-refractivity contribution in [1.82, 2.24) is 5.32 Å². The van der Waals surface area contributed by atoms with E-state index in [1.165, 1.54) is 0 Å². The van der Waals surface area contributed by atoms with Crippen LogP contribution in [-0.4, -0.2) is 35.9 Å². The zero-order valence-electron chi connectivity index (χ0n) is 10.4. The first-order chi connectivity index (χ1) is 8.61. The third-order valence-corrected chi connectivity index (χ3v) is 2.76. The first-order valence-corrected chi connectivity index (χ1v) is 5.95. The molecule has 0 saturated heterocycles. The number of aliphatic hydroxyl groups is 1. The van der Waals surface area contributed by atoms with Crippen LogP contribution in [0, 0.1) is 0 Å². The number of nitrogens with one attached hydrogen (secondary N) is 1. The molecule has 98 valence electrons. The average Bonchev–Trinajstić information content (AvgIpc) is 2.37. The summed E-state index contributed by atoms with van der Waals surface area (Å²) in [4.78, 5) is 12.0. The summed E-state index contributed by atoms with van der Waals surface area (Å²) in [5, 5.41) is 11.6. The number of aliphatic hydroxyl groups excluding tert-OH is 1. The summed E-state index contributed by atoms with van der Waals surface area (Å²) in [5.41, 5.74) is 0. The minimum atomic E-state index is -0.700. The molecule has 1 aromatic carbocycles. The highest BCUT2D eigenvalue weighted by atomic mass is 16.6. The van der Waals surface area contributed by atoms with Crippen LogP contribution in [0.3, 0.4) is 0 Å². The normalized spacial score (nSPS) is 23.3. The second kappa shape index (κ2) is 5.27. The fraction of sp³-hybridized carbons (Fsp3) is 0.462. The van der Waals surface area contributed by atoms with Crippen molar-refractivity contribution in [3.05, 3.63) is 24.3 Å². The van der Waals surface area contributed by atoms with Crippen LogP contribution in [-0.2, 0) is 4.79 Å². The van der Waals surface area contributed by atoms with Crippen LogP contribution in [0.25, 0.3) is 0 Å². The monoisotopic (exact) mass is 251 g/mol. The fourth-order valence-corrected chi connectivity index (χ4v) is 1.78. The number of benzene rings is 1. The Morgan fingerprint density at radius 2 is 2.00 bits per heavy atom. The van der Waals surface area contributed by atoms with E-state index < -0.39 is 6.10 Å². The highest BCUT2D eigenvalue weighted by molar-refractivity contribution is 5.82. The molecule has 1 heterocycles. The van der Waals surface area contributed by atoms with Crippen molar-refractivity contribution in [1.29, 1.82) is 0 Å². The molecule has 1 aliphatic rings. The standard InChI is InChI=1S/C13H17NO4/c1-8(7-15)14-13(16)12-9(2)17-10-5-3-4-6-11(10)18-12/h3-6,8-9,12,15H,7H2,1-2H3,(H,14,16). The van der Waals surface area contributed by atoms with E-state index >= 15 is 0 Å². The fourth-order valence-electron chi connectivity index (χ4n) is 1.78. The number of ether oxygens (including phenoxy) is 2. The predicted octanol–water partition coefficient (Wildman–Crippen LogP) is 0.712. The Labute approximate surface area is 106 Å². The molecular weight excluding hydrogens is 234 g/mol. The number of hydrogen-bond donors (Lipinski definition) is 2. The summed E-state index contributed by atoms with van der Waals surface area (Å²) < 4.78 is 11.3. The highest BCUT2D eigenvalue weighted by Gasteiger charge is 2.34. The molecule has 2 N–H and O–H groups in total. The number of carbonyl (C=O) groups is 1. The van der Waals surface area contributed by atoms with Crippen LogP contribution in [0.2, 0.25) is 0 Å². The average molecular weight is 251 g/mol. The Morgan fingerprint density at radius 1 is 1.39 bits per heavy atom. The van der Waals surface area contributed by atoms with Gasteiger partial charge in [0.25, 0.3) is 5.91 Å². The van der Waals surface area contributed by atoms with Crippen LogP contribution >= 0.6 is 0 Å². The van der Waals surface area contributed by atoms with Crippen molar-refractivity contribution in [2.75, 3.05) is 6.61 Å². The van der Waals surface area contributed by atoms with Crippen molar-refractivity contribution in [3.8, 4) is 11.5 Å². The lowest BCUT2D eigenvalue weighted by atomic mass is 10.1. The maximum absolute atomic E-state index is 12.0. The maximum atomic E-state index is 12.0. The lowest BCUT2D eigenvalue weighted by molar-refractivity contribution is -0.134. The lowest BCUT2D eigenvalue weighted by Gasteiger charge is -2.31. The van der Waals surface area contributed by atoms with Crippen LogP contribution in [0.1, 0.15) is 13.8 Å². The van der Waals surface area contributed by atoms with Gasteiger partial charge >= 0.3 is 0 Å². The van der Waals surface area contributed by atoms with E-state index in [1.807, 2.05) is 12.1 Å². The number of carbonyl (C=O) groups excluding carboxylic acids is 1. The Morgan fingerprint density at radius 3 is 2.61 bits per heavy atom. The SMILES string of the molecule is CC(CO)NC(=O)C1Oc2ccccc2OC1C. The zero-order chi connectivity index (χ0) is 13.1. The third-order valence-electron chi connectivity index (χ3n) is 2.76. The number of fused-ring (bicyclic) bond motifs is 1. The Bertz CT molecular complexity index is 435. The van der Waals surface area contributed by atoms with Crippen molar-refractivity contribution in [3.63, 3.8) is 0 Å². The van der Waals surface area contributed by atoms with Crippen LogP contribution in [0.5, 0.6) is 11.5 Å². The van der Waals surface area contributed by atoms with Gasteiger partial charge in [-0.1, -0.05) is 12.1 Å². The van der Waals surface area contributed by atoms with Gasteiger partial charge < -0.3 is 19.9 Å². The minimum absolute atomic E-state index is 0.107. The molecule has 3 atom stereocenters. The van der Waals surface area contributed by atoms with E-state index in [4.69, 9.17) is 14.6 Å². The molecule has 5 heteroatoms. The van der Waals surface area contributed by atoms with Crippen LogP contribution in [0.4, 0.5) is 0 Å². The first-order valence-electron chi connectivity index (χ1n) is 5.95. The van der Waals surface area contributed by atoms with Crippen molar-refractivity contribution < 1.29 is 19.4 Å². The van der Waals surface area contributed by atoms with Crippen LogP contribution in [0.15, 0.2) is 24.3 Å². The van der Waals surface area contributed by atoms with Gasteiger partial charge in [0.15, 0.2) is 11.5 Å². The Kier molecular flexibility index (Phi) is 3.72. The molecule has 18 heavy (non-hydrogen) atoms. The van der Waals surface area contributed by atoms with Crippen LogP contribution < -0.4 is 14.8 Å². The number of para-hydroxylation sites is 2. The summed E-state index contributed by atoms with van der Waals surface area (Å²) in [6.07, 6.45) is -1.07. The molecule has 0 bridgehead atoms. The number of rotatable bonds is 3. The first kappa shape index (κ1) is 12.7. The molecule has 2 rings (SSSR count). The van der Waals surface area contributed by atoms with E-state index in [1.54, 1.807) is 26.0 Å². The Balaban J connectivity index is 2.09. The van der Waals surface area contributed by atoms with E-state index in [2.05, 4.69) is 5.32 Å². The largest absolute Gasteiger partial charge is 0.482 e. The molecule has 0 aliphatic carbocycles. The summed E-state index contributed by atoms with van der Waals surface area (Å²) in [6, 6.07) is 6.94. The van der Waals surface area contributed by atoms with Crippen molar-refractivity contribution in [2.45, 2.75) is 32.1 Å². The van der Waals surface area contributed by atoms with Gasteiger partial charge in [-0.15, -0.1) is 0 Å². The quantitative estimate of drug-likeness (QED) is 0.830. The Hall–Kier alpha value is -1.75. The lowest BCUT2D eigenvalue weighted by Crippen LogP contribution is -2.51. The van der Waals surface area contributed by atoms with E-state index in [9.17, 15) is 4.79 Å². The second-order valence-electron chi connectivity index (χ2n) is 4.40. The molecule has 5 nitrogen and oxygen atoms in total. The van der Waals surface area contributed by atoms with Gasteiger partial charge in [-0.3, -0.25) is 4.79 Å². The predicted molar refractivity (Wildman–Crippen MR) is 65.6 cm³/mol. The molecule has 0 radical (unpaired) electrons. The van der Waals surface area contributed by atoms with Gasteiger partial charge in [-0.05, 0) is 26.0 Å². The van der Waals surface area contributed by atoms with Gasteiger partial charge in [0.05, 0.1) is 6.61 Å². The molecule has 0 aromatic heterocycles. The van der Waals surface area contributed by atoms with Gasteiger partial charge in [-0.2, -0.15) is 0 Å². The molecule has 1 amide bonds. The van der Waals surface area contributed by atoms with Gasteiger partial charge in [0.2, 0.25) is 6.10 Å². The van der Waals surface area contributed by atoms with Gasteiger partial charge in [0, 0.05) is 6.04 Å². The molecule has 0 spiro atoms. The molecule has 1 aliphatic heterocycles.